The van der Waals surface area contributed by atoms with Gasteiger partial charge in [-0.05, 0) is 0 Å². The van der Waals surface area contributed by atoms with Crippen LogP contribution in [0.5, 0.6) is 0 Å². The first-order chi connectivity index (χ1) is 4.88. The number of nitrogens with two attached hydrogens (primary N) is 1. The summed E-state index contributed by atoms with van der Waals surface area (Å²) < 4.78 is 0. The lowest BCUT2D eigenvalue weighted by Gasteiger charge is -1.85. The third-order valence-corrected chi connectivity index (χ3v) is 1.42. The van der Waals surface area contributed by atoms with Crippen LogP contribution in [0.15, 0.2) is 18.6 Å². The summed E-state index contributed by atoms with van der Waals surface area (Å²) in [5.74, 6) is 0. The molecule has 4 nitrogen and oxygen atoms in total. The van der Waals surface area contributed by atoms with Crippen molar-refractivity contribution < 1.29 is 0 Å². The number of rotatable bonds is 0. The van der Waals surface area contributed by atoms with Gasteiger partial charge in [0.05, 0.1) is 23.6 Å². The molecule has 50 valence electrons. The van der Waals surface area contributed by atoms with Crippen LogP contribution >= 0.6 is 0 Å². The number of nitrogens with zero attached hydrogens (tertiary/aromatic N) is 2. The molecular weight excluding hydrogens is 128 g/mol. The van der Waals surface area contributed by atoms with Crippen molar-refractivity contribution in [2.45, 2.75) is 0 Å². The van der Waals surface area contributed by atoms with E-state index in [4.69, 9.17) is 5.73 Å². The van der Waals surface area contributed by atoms with Gasteiger partial charge in [-0.2, -0.15) is 10.2 Å². The second-order valence-electron chi connectivity index (χ2n) is 2.06. The molecule has 3 N–H and O–H groups in total. The molecule has 0 aliphatic heterocycles. The average molecular weight is 134 g/mol. The van der Waals surface area contributed by atoms with Gasteiger partial charge in [-0.25, -0.2) is 0 Å². The Morgan fingerprint density at radius 2 is 2.10 bits per heavy atom. The summed E-state index contributed by atoms with van der Waals surface area (Å²) in [7, 11) is 0. The zero-order valence-corrected chi connectivity index (χ0v) is 5.20. The van der Waals surface area contributed by atoms with Gasteiger partial charge in [0, 0.05) is 11.6 Å². The number of fused-ring (bicyclic) bond motifs is 1. The summed E-state index contributed by atoms with van der Waals surface area (Å²) in [6, 6.07) is 0. The highest BCUT2D eigenvalue weighted by atomic mass is 15.1. The van der Waals surface area contributed by atoms with Gasteiger partial charge in [-0.15, -0.1) is 0 Å². The molecule has 0 radical (unpaired) electrons. The molecule has 0 aromatic carbocycles. The van der Waals surface area contributed by atoms with Crippen LogP contribution < -0.4 is 5.73 Å². The molecule has 0 aliphatic rings. The minimum absolute atomic E-state index is 0.713. The Balaban J connectivity index is 2.93. The molecule has 2 heterocycles. The molecule has 4 heteroatoms. The summed E-state index contributed by atoms with van der Waals surface area (Å²) in [5.41, 5.74) is 7.21. The molecule has 0 unspecified atom stereocenters. The fourth-order valence-electron chi connectivity index (χ4n) is 0.900. The summed E-state index contributed by atoms with van der Waals surface area (Å²) in [6.45, 7) is 0. The van der Waals surface area contributed by atoms with Gasteiger partial charge in [0.15, 0.2) is 0 Å². The van der Waals surface area contributed by atoms with Crippen molar-refractivity contribution in [2.75, 3.05) is 5.73 Å². The fourth-order valence-corrected chi connectivity index (χ4v) is 0.900. The van der Waals surface area contributed by atoms with Crippen LogP contribution in [0, 0.1) is 0 Å². The predicted molar refractivity (Wildman–Crippen MR) is 38.3 cm³/mol. The first-order valence-electron chi connectivity index (χ1n) is 2.91. The van der Waals surface area contributed by atoms with Gasteiger partial charge in [0.2, 0.25) is 0 Å². The number of hydrogen-bond acceptors (Lipinski definition) is 3. The number of anilines is 1. The van der Waals surface area contributed by atoms with Crippen LogP contribution in [-0.4, -0.2) is 15.2 Å². The van der Waals surface area contributed by atoms with E-state index in [1.165, 1.54) is 0 Å². The van der Waals surface area contributed by atoms with E-state index in [0.717, 1.165) is 10.9 Å². The number of nitrogen functional groups attached to an aromatic ring is 1. The SMILES string of the molecule is Nc1c[nH]c2cnncc12. The Bertz CT molecular complexity index is 351. The minimum atomic E-state index is 0.713. The number of hydrogen-bond donors (Lipinski definition) is 2. The van der Waals surface area contributed by atoms with E-state index < -0.39 is 0 Å². The number of nitrogens with one attached hydrogen (secondary N) is 1. The predicted octanol–water partition coefficient (Wildman–Crippen LogP) is 0.540. The quantitative estimate of drug-likeness (QED) is 0.552. The molecule has 0 spiro atoms. The lowest BCUT2D eigenvalue weighted by Crippen LogP contribution is -1.82. The minimum Gasteiger partial charge on any atom is -0.397 e. The van der Waals surface area contributed by atoms with Gasteiger partial charge in [-0.1, -0.05) is 0 Å². The van der Waals surface area contributed by atoms with E-state index in [-0.39, 0.29) is 0 Å². The Labute approximate surface area is 57.1 Å². The summed E-state index contributed by atoms with van der Waals surface area (Å²) >= 11 is 0. The maximum Gasteiger partial charge on any atom is 0.0738 e. The Morgan fingerprint density at radius 1 is 1.30 bits per heavy atom. The molecule has 0 amide bonds. The van der Waals surface area contributed by atoms with Crippen molar-refractivity contribution in [3.63, 3.8) is 0 Å². The molecule has 10 heavy (non-hydrogen) atoms. The molecule has 2 aromatic rings. The second kappa shape index (κ2) is 1.70. The summed E-state index contributed by atoms with van der Waals surface area (Å²) in [5, 5.41) is 8.31. The monoisotopic (exact) mass is 134 g/mol. The van der Waals surface area contributed by atoms with Crippen molar-refractivity contribution in [3.05, 3.63) is 18.6 Å². The molecule has 2 aromatic heterocycles. The number of aromatic nitrogens is 3. The van der Waals surface area contributed by atoms with E-state index in [9.17, 15) is 0 Å². The number of aromatic amines is 1. The molecule has 0 aliphatic carbocycles. The molecule has 0 atom stereocenters. The van der Waals surface area contributed by atoms with Crippen LogP contribution in [0.4, 0.5) is 5.69 Å². The van der Waals surface area contributed by atoms with Gasteiger partial charge < -0.3 is 10.7 Å². The lowest BCUT2D eigenvalue weighted by atomic mass is 10.3. The maximum atomic E-state index is 5.58. The molecule has 0 saturated heterocycles. The van der Waals surface area contributed by atoms with E-state index >= 15 is 0 Å². The van der Waals surface area contributed by atoms with Crippen molar-refractivity contribution in [1.29, 1.82) is 0 Å². The zero-order valence-electron chi connectivity index (χ0n) is 5.20. The van der Waals surface area contributed by atoms with Gasteiger partial charge in [-0.3, -0.25) is 0 Å². The van der Waals surface area contributed by atoms with Crippen molar-refractivity contribution in [2.24, 2.45) is 0 Å². The van der Waals surface area contributed by atoms with Crippen molar-refractivity contribution in [1.82, 2.24) is 15.2 Å². The molecule has 0 bridgehead atoms. The van der Waals surface area contributed by atoms with Crippen LogP contribution in [0.3, 0.4) is 0 Å². The molecule has 2 rings (SSSR count). The Hall–Kier alpha value is -1.58. The third-order valence-electron chi connectivity index (χ3n) is 1.42. The molecule has 0 fully saturated rings. The maximum absolute atomic E-state index is 5.58. The van der Waals surface area contributed by atoms with Crippen LogP contribution in [0.25, 0.3) is 10.9 Å². The summed E-state index contributed by atoms with van der Waals surface area (Å²) in [6.07, 6.45) is 5.01. The van der Waals surface area contributed by atoms with Crippen molar-refractivity contribution in [3.8, 4) is 0 Å². The average Bonchev–Trinajstić information content (AvgIpc) is 2.34. The summed E-state index contributed by atoms with van der Waals surface area (Å²) in [4.78, 5) is 2.96. The second-order valence-corrected chi connectivity index (χ2v) is 2.06. The third kappa shape index (κ3) is 0.556. The zero-order chi connectivity index (χ0) is 6.97. The molecular formula is C6H6N4. The molecule has 0 saturated carbocycles. The van der Waals surface area contributed by atoms with Crippen LogP contribution in [-0.2, 0) is 0 Å². The Morgan fingerprint density at radius 3 is 2.90 bits per heavy atom. The van der Waals surface area contributed by atoms with Gasteiger partial charge in [0.1, 0.15) is 0 Å². The first kappa shape index (κ1) is 5.22. The van der Waals surface area contributed by atoms with Crippen LogP contribution in [0.2, 0.25) is 0 Å². The fraction of sp³-hybridized carbons (Fsp3) is 0. The topological polar surface area (TPSA) is 67.6 Å². The highest BCUT2D eigenvalue weighted by molar-refractivity contribution is 5.89. The van der Waals surface area contributed by atoms with E-state index in [2.05, 4.69) is 15.2 Å². The van der Waals surface area contributed by atoms with Crippen LogP contribution in [0.1, 0.15) is 0 Å². The lowest BCUT2D eigenvalue weighted by molar-refractivity contribution is 1.05. The van der Waals surface area contributed by atoms with Gasteiger partial charge >= 0.3 is 0 Å². The Kier molecular flexibility index (Phi) is 0.887. The normalized spacial score (nSPS) is 10.4. The first-order valence-corrected chi connectivity index (χ1v) is 2.91. The highest BCUT2D eigenvalue weighted by Gasteiger charge is 1.97. The number of H-pyrrole nitrogens is 1. The largest absolute Gasteiger partial charge is 0.397 e. The van der Waals surface area contributed by atoms with E-state index in [1.807, 2.05) is 0 Å². The smallest absolute Gasteiger partial charge is 0.0738 e. The van der Waals surface area contributed by atoms with E-state index in [0.29, 0.717) is 5.69 Å². The van der Waals surface area contributed by atoms with Gasteiger partial charge in [0.25, 0.3) is 0 Å². The van der Waals surface area contributed by atoms with E-state index in [1.54, 1.807) is 18.6 Å². The highest BCUT2D eigenvalue weighted by Crippen LogP contribution is 2.16. The standard InChI is InChI=1S/C6H6N4/c7-5-2-8-6-3-10-9-1-4(5)6/h1-3,8H,7H2. The van der Waals surface area contributed by atoms with Crippen molar-refractivity contribution >= 4 is 16.6 Å².